The van der Waals surface area contributed by atoms with Gasteiger partial charge in [-0.2, -0.15) is 0 Å². The topological polar surface area (TPSA) is 18.5 Å². The lowest BCUT2D eigenvalue weighted by molar-refractivity contribution is 0.462. The van der Waals surface area contributed by atoms with E-state index >= 15 is 0 Å². The first-order chi connectivity index (χ1) is 8.61. The Morgan fingerprint density at radius 3 is 2.39 bits per heavy atom. The van der Waals surface area contributed by atoms with E-state index in [-0.39, 0.29) is 0 Å². The molecule has 0 fully saturated rings. The number of nitrogens with zero attached hydrogens (tertiary/aromatic N) is 2. The molecule has 0 aliphatic carbocycles. The van der Waals surface area contributed by atoms with Crippen LogP contribution in [0.25, 0.3) is 0 Å². The molecule has 3 heteroatoms. The molecule has 0 aromatic heterocycles. The Balaban J connectivity index is 2.13. The lowest BCUT2D eigenvalue weighted by atomic mass is 10.0. The fourth-order valence-corrected chi connectivity index (χ4v) is 2.39. The molecule has 3 nitrogen and oxygen atoms in total. The van der Waals surface area contributed by atoms with Gasteiger partial charge in [-0.15, -0.1) is 0 Å². The zero-order chi connectivity index (χ0) is 13.1. The van der Waals surface area contributed by atoms with Gasteiger partial charge in [0.05, 0.1) is 0 Å². The van der Waals surface area contributed by atoms with E-state index in [2.05, 4.69) is 67.1 Å². The Labute approximate surface area is 110 Å². The molecule has 1 N–H and O–H groups in total. The highest BCUT2D eigenvalue weighted by molar-refractivity contribution is 5.63. The Kier molecular flexibility index (Phi) is 3.92. The summed E-state index contributed by atoms with van der Waals surface area (Å²) < 4.78 is 0. The van der Waals surface area contributed by atoms with Gasteiger partial charge >= 0.3 is 0 Å². The number of hydrogen-bond acceptors (Lipinski definition) is 3. The van der Waals surface area contributed by atoms with Gasteiger partial charge in [0.15, 0.2) is 0 Å². The summed E-state index contributed by atoms with van der Waals surface area (Å²) in [5, 5.41) is 3.15. The largest absolute Gasteiger partial charge is 0.345 e. The van der Waals surface area contributed by atoms with Crippen molar-refractivity contribution < 1.29 is 0 Å². The molecule has 2 rings (SSSR count). The normalized spacial score (nSPS) is 14.7. The maximum absolute atomic E-state index is 3.36. The lowest BCUT2D eigenvalue weighted by Crippen LogP contribution is -2.26. The number of likely N-dealkylation sites (N-methyl/N-ethyl adjacent to an activating group) is 1. The molecule has 0 unspecified atom stereocenters. The van der Waals surface area contributed by atoms with Gasteiger partial charge in [-0.3, -0.25) is 0 Å². The van der Waals surface area contributed by atoms with Crippen molar-refractivity contribution in [3.05, 3.63) is 47.9 Å². The van der Waals surface area contributed by atoms with E-state index in [1.165, 1.54) is 22.4 Å². The van der Waals surface area contributed by atoms with E-state index in [1.54, 1.807) is 0 Å². The van der Waals surface area contributed by atoms with Gasteiger partial charge in [-0.25, -0.2) is 0 Å². The molecule has 0 amide bonds. The number of rotatable bonds is 4. The van der Waals surface area contributed by atoms with Crippen LogP contribution in [0.15, 0.2) is 24.5 Å². The Bertz CT molecular complexity index is 428. The Hall–Kier alpha value is -1.48. The maximum atomic E-state index is 3.36. The van der Waals surface area contributed by atoms with Crippen molar-refractivity contribution in [1.29, 1.82) is 0 Å². The summed E-state index contributed by atoms with van der Waals surface area (Å²) in [6, 6.07) is 4.43. The van der Waals surface area contributed by atoms with Crippen molar-refractivity contribution in [1.82, 2.24) is 10.2 Å². The van der Waals surface area contributed by atoms with Crippen LogP contribution in [-0.4, -0.2) is 25.0 Å². The van der Waals surface area contributed by atoms with Crippen LogP contribution in [0.2, 0.25) is 0 Å². The predicted molar refractivity (Wildman–Crippen MR) is 76.1 cm³/mol. The molecule has 0 bridgehead atoms. The van der Waals surface area contributed by atoms with Crippen molar-refractivity contribution in [3.8, 4) is 0 Å². The minimum absolute atomic E-state index is 0.938. The van der Waals surface area contributed by atoms with Crippen LogP contribution >= 0.6 is 0 Å². The van der Waals surface area contributed by atoms with Gasteiger partial charge in [0.2, 0.25) is 6.67 Å². The third kappa shape index (κ3) is 2.67. The molecule has 96 valence electrons. The monoisotopic (exact) mass is 243 g/mol. The van der Waals surface area contributed by atoms with Gasteiger partial charge in [0.25, 0.3) is 0 Å². The zero-order valence-electron chi connectivity index (χ0n) is 11.6. The molecular weight excluding hydrogens is 222 g/mol. The first-order valence-electron chi connectivity index (χ1n) is 6.35. The predicted octanol–water partition coefficient (Wildman–Crippen LogP) is 2.42. The standard InChI is InChI=1S/C15H21N3/c1-12-9-13(2)15(14(3)10-12)18-8-7-17(11-18)6-5-16-4/h7-10,16H,5-6H2,1-4H3. The van der Waals surface area contributed by atoms with Gasteiger partial charge in [0, 0.05) is 31.2 Å². The summed E-state index contributed by atoms with van der Waals surface area (Å²) in [6.45, 7) is 11.7. The van der Waals surface area contributed by atoms with E-state index in [1.807, 2.05) is 7.05 Å². The van der Waals surface area contributed by atoms with Crippen LogP contribution in [0, 0.1) is 27.4 Å². The molecule has 1 aromatic carbocycles. The summed E-state index contributed by atoms with van der Waals surface area (Å²) in [4.78, 5) is 4.16. The molecule has 2 radical (unpaired) electrons. The highest BCUT2D eigenvalue weighted by Crippen LogP contribution is 2.30. The van der Waals surface area contributed by atoms with Gasteiger partial charge in [-0.1, -0.05) is 17.7 Å². The van der Waals surface area contributed by atoms with Crippen molar-refractivity contribution in [2.24, 2.45) is 0 Å². The summed E-state index contributed by atoms with van der Waals surface area (Å²) in [5.41, 5.74) is 5.13. The van der Waals surface area contributed by atoms with Crippen LogP contribution < -0.4 is 10.2 Å². The molecule has 18 heavy (non-hydrogen) atoms. The first-order valence-corrected chi connectivity index (χ1v) is 6.35. The fraction of sp³-hybridized carbons (Fsp3) is 0.400. The molecule has 1 heterocycles. The SMILES string of the molecule is CNCCN1[C]N(c2c(C)cc(C)cc2C)C=C1. The molecule has 0 saturated heterocycles. The van der Waals surface area contributed by atoms with Crippen LogP contribution in [0.1, 0.15) is 16.7 Å². The second-order valence-corrected chi connectivity index (χ2v) is 4.81. The van der Waals surface area contributed by atoms with Crippen molar-refractivity contribution in [2.75, 3.05) is 25.0 Å². The van der Waals surface area contributed by atoms with Gasteiger partial charge in [0.1, 0.15) is 0 Å². The highest BCUT2D eigenvalue weighted by atomic mass is 15.3. The van der Waals surface area contributed by atoms with Crippen LogP contribution in [-0.2, 0) is 0 Å². The first kappa shape index (κ1) is 13.0. The quantitative estimate of drug-likeness (QED) is 0.876. The Morgan fingerprint density at radius 2 is 1.78 bits per heavy atom. The van der Waals surface area contributed by atoms with E-state index in [0.717, 1.165) is 13.1 Å². The molecule has 1 aromatic rings. The van der Waals surface area contributed by atoms with E-state index in [9.17, 15) is 0 Å². The van der Waals surface area contributed by atoms with Gasteiger partial charge < -0.3 is 15.1 Å². The second-order valence-electron chi connectivity index (χ2n) is 4.81. The summed E-state index contributed by atoms with van der Waals surface area (Å²) in [7, 11) is 1.96. The summed E-state index contributed by atoms with van der Waals surface area (Å²) in [6.07, 6.45) is 4.14. The average Bonchev–Trinajstić information content (AvgIpc) is 2.73. The van der Waals surface area contributed by atoms with Gasteiger partial charge in [-0.05, 0) is 38.9 Å². The smallest absolute Gasteiger partial charge is 0.212 e. The number of anilines is 1. The summed E-state index contributed by atoms with van der Waals surface area (Å²) in [5.74, 6) is 0. The van der Waals surface area contributed by atoms with Crippen molar-refractivity contribution in [3.63, 3.8) is 0 Å². The van der Waals surface area contributed by atoms with Crippen LogP contribution in [0.3, 0.4) is 0 Å². The van der Waals surface area contributed by atoms with Crippen LogP contribution in [0.5, 0.6) is 0 Å². The molecule has 0 saturated carbocycles. The number of hydrogen-bond donors (Lipinski definition) is 1. The van der Waals surface area contributed by atoms with Crippen LogP contribution in [0.4, 0.5) is 5.69 Å². The third-order valence-corrected chi connectivity index (χ3v) is 3.11. The number of nitrogens with one attached hydrogen (secondary N) is 1. The molecular formula is C15H21N3. The van der Waals surface area contributed by atoms with Crippen molar-refractivity contribution in [2.45, 2.75) is 20.8 Å². The summed E-state index contributed by atoms with van der Waals surface area (Å²) >= 11 is 0. The average molecular weight is 243 g/mol. The molecule has 0 spiro atoms. The Morgan fingerprint density at radius 1 is 1.11 bits per heavy atom. The van der Waals surface area contributed by atoms with E-state index in [0.29, 0.717) is 0 Å². The highest BCUT2D eigenvalue weighted by Gasteiger charge is 2.18. The van der Waals surface area contributed by atoms with E-state index < -0.39 is 0 Å². The lowest BCUT2D eigenvalue weighted by Gasteiger charge is -2.22. The second kappa shape index (κ2) is 5.44. The molecule has 1 aliphatic heterocycles. The molecule has 0 atom stereocenters. The minimum Gasteiger partial charge on any atom is -0.345 e. The number of aryl methyl sites for hydroxylation is 3. The van der Waals surface area contributed by atoms with Crippen molar-refractivity contribution >= 4 is 5.69 Å². The van der Waals surface area contributed by atoms with E-state index in [4.69, 9.17) is 0 Å². The minimum atomic E-state index is 0.938. The number of benzene rings is 1. The zero-order valence-corrected chi connectivity index (χ0v) is 11.6. The molecule has 1 aliphatic rings. The maximum Gasteiger partial charge on any atom is 0.212 e. The third-order valence-electron chi connectivity index (χ3n) is 3.11. The fourth-order valence-electron chi connectivity index (χ4n) is 2.39.